The number of hydrogen-bond donors (Lipinski definition) is 1. The zero-order chi connectivity index (χ0) is 13.0. The topological polar surface area (TPSA) is 27.7 Å². The molecule has 18 heavy (non-hydrogen) atoms. The Morgan fingerprint density at radius 2 is 1.78 bits per heavy atom. The van der Waals surface area contributed by atoms with Gasteiger partial charge in [-0.3, -0.25) is 4.90 Å². The molecule has 2 saturated heterocycles. The van der Waals surface area contributed by atoms with Crippen molar-refractivity contribution >= 4 is 0 Å². The molecule has 0 amide bonds. The fraction of sp³-hybridized carbons (Fsp3) is 1.00. The van der Waals surface area contributed by atoms with E-state index in [-0.39, 0.29) is 0 Å². The highest BCUT2D eigenvalue weighted by atomic mass is 16.5. The predicted molar refractivity (Wildman–Crippen MR) is 75.0 cm³/mol. The Kier molecular flexibility index (Phi) is 5.42. The highest BCUT2D eigenvalue weighted by Gasteiger charge is 2.27. The van der Waals surface area contributed by atoms with Gasteiger partial charge in [-0.25, -0.2) is 0 Å². The van der Waals surface area contributed by atoms with Gasteiger partial charge in [0.2, 0.25) is 0 Å². The summed E-state index contributed by atoms with van der Waals surface area (Å²) < 4.78 is 6.12. The van der Waals surface area contributed by atoms with Crippen molar-refractivity contribution < 1.29 is 4.74 Å². The first kappa shape index (κ1) is 14.3. The van der Waals surface area contributed by atoms with E-state index in [1.807, 2.05) is 0 Å². The van der Waals surface area contributed by atoms with Crippen molar-refractivity contribution in [1.82, 2.24) is 15.1 Å². The second-order valence-electron chi connectivity index (χ2n) is 6.12. The van der Waals surface area contributed by atoms with E-state index in [2.05, 4.69) is 36.0 Å². The lowest BCUT2D eigenvalue weighted by Gasteiger charge is -2.33. The van der Waals surface area contributed by atoms with Gasteiger partial charge in [-0.1, -0.05) is 13.8 Å². The lowest BCUT2D eigenvalue weighted by Crippen LogP contribution is -2.47. The molecule has 0 aromatic heterocycles. The van der Waals surface area contributed by atoms with Crippen molar-refractivity contribution in [2.24, 2.45) is 0 Å². The molecule has 2 atom stereocenters. The van der Waals surface area contributed by atoms with E-state index < -0.39 is 0 Å². The van der Waals surface area contributed by atoms with E-state index in [9.17, 15) is 0 Å². The lowest BCUT2D eigenvalue weighted by molar-refractivity contribution is 0.0141. The van der Waals surface area contributed by atoms with Gasteiger partial charge in [0.05, 0.1) is 12.2 Å². The SMILES string of the molecule is CC(C)NCC1CCC(CN2CCN(C)CC2)O1. The smallest absolute Gasteiger partial charge is 0.0707 e. The van der Waals surface area contributed by atoms with Crippen LogP contribution in [0.3, 0.4) is 0 Å². The van der Waals surface area contributed by atoms with Gasteiger partial charge in [-0.15, -0.1) is 0 Å². The van der Waals surface area contributed by atoms with E-state index in [1.54, 1.807) is 0 Å². The average molecular weight is 255 g/mol. The number of likely N-dealkylation sites (N-methyl/N-ethyl adjacent to an activating group) is 1. The molecule has 2 heterocycles. The van der Waals surface area contributed by atoms with Crippen LogP contribution in [-0.2, 0) is 4.74 Å². The van der Waals surface area contributed by atoms with Crippen molar-refractivity contribution in [2.45, 2.75) is 44.9 Å². The molecule has 0 aliphatic carbocycles. The molecule has 2 fully saturated rings. The molecule has 0 radical (unpaired) electrons. The second-order valence-corrected chi connectivity index (χ2v) is 6.12. The van der Waals surface area contributed by atoms with Crippen LogP contribution in [0.15, 0.2) is 0 Å². The lowest BCUT2D eigenvalue weighted by atomic mass is 10.1. The van der Waals surface area contributed by atoms with Gasteiger partial charge in [-0.2, -0.15) is 0 Å². The molecule has 2 aliphatic rings. The Balaban J connectivity index is 1.63. The average Bonchev–Trinajstić information content (AvgIpc) is 2.77. The first-order valence-corrected chi connectivity index (χ1v) is 7.43. The third-order valence-electron chi connectivity index (χ3n) is 4.01. The van der Waals surface area contributed by atoms with Crippen LogP contribution >= 0.6 is 0 Å². The van der Waals surface area contributed by atoms with Crippen molar-refractivity contribution in [2.75, 3.05) is 46.3 Å². The highest BCUT2D eigenvalue weighted by Crippen LogP contribution is 2.20. The minimum atomic E-state index is 0.435. The van der Waals surface area contributed by atoms with Gasteiger partial charge in [0, 0.05) is 45.3 Å². The molecule has 0 bridgehead atoms. The first-order valence-electron chi connectivity index (χ1n) is 7.43. The van der Waals surface area contributed by atoms with Crippen LogP contribution in [0.25, 0.3) is 0 Å². The van der Waals surface area contributed by atoms with Crippen LogP contribution in [0.1, 0.15) is 26.7 Å². The quantitative estimate of drug-likeness (QED) is 0.786. The molecule has 106 valence electrons. The van der Waals surface area contributed by atoms with E-state index >= 15 is 0 Å². The maximum atomic E-state index is 6.12. The highest BCUT2D eigenvalue weighted by molar-refractivity contribution is 4.80. The van der Waals surface area contributed by atoms with E-state index in [0.29, 0.717) is 18.2 Å². The Morgan fingerprint density at radius 3 is 2.44 bits per heavy atom. The third-order valence-corrected chi connectivity index (χ3v) is 4.01. The van der Waals surface area contributed by atoms with Crippen LogP contribution in [0.4, 0.5) is 0 Å². The maximum Gasteiger partial charge on any atom is 0.0707 e. The van der Waals surface area contributed by atoms with Gasteiger partial charge in [0.25, 0.3) is 0 Å². The van der Waals surface area contributed by atoms with Crippen LogP contribution in [-0.4, -0.2) is 74.4 Å². The summed E-state index contributed by atoms with van der Waals surface area (Å²) in [4.78, 5) is 4.96. The molecule has 2 unspecified atom stereocenters. The monoisotopic (exact) mass is 255 g/mol. The van der Waals surface area contributed by atoms with Crippen LogP contribution in [0.5, 0.6) is 0 Å². The summed E-state index contributed by atoms with van der Waals surface area (Å²) in [5.41, 5.74) is 0. The predicted octanol–water partition coefficient (Wildman–Crippen LogP) is 0.779. The van der Waals surface area contributed by atoms with Crippen molar-refractivity contribution in [3.8, 4) is 0 Å². The van der Waals surface area contributed by atoms with Gasteiger partial charge >= 0.3 is 0 Å². The van der Waals surface area contributed by atoms with Gasteiger partial charge in [0.15, 0.2) is 0 Å². The zero-order valence-electron chi connectivity index (χ0n) is 12.2. The fourth-order valence-electron chi connectivity index (χ4n) is 2.75. The minimum Gasteiger partial charge on any atom is -0.372 e. The largest absolute Gasteiger partial charge is 0.372 e. The molecule has 1 N–H and O–H groups in total. The normalized spacial score (nSPS) is 31.3. The first-order chi connectivity index (χ1) is 8.63. The van der Waals surface area contributed by atoms with Gasteiger partial charge < -0.3 is 15.0 Å². The van der Waals surface area contributed by atoms with Crippen molar-refractivity contribution in [3.05, 3.63) is 0 Å². The Morgan fingerprint density at radius 1 is 1.11 bits per heavy atom. The van der Waals surface area contributed by atoms with Crippen LogP contribution in [0, 0.1) is 0 Å². The van der Waals surface area contributed by atoms with E-state index in [0.717, 1.165) is 13.1 Å². The number of nitrogens with zero attached hydrogens (tertiary/aromatic N) is 2. The number of piperazine rings is 1. The number of rotatable bonds is 5. The third kappa shape index (κ3) is 4.50. The molecule has 4 nitrogen and oxygen atoms in total. The summed E-state index contributed by atoms with van der Waals surface area (Å²) in [6.45, 7) is 11.3. The molecular formula is C14H29N3O. The summed E-state index contributed by atoms with van der Waals surface area (Å²) in [6.07, 6.45) is 3.35. The van der Waals surface area contributed by atoms with Crippen LogP contribution < -0.4 is 5.32 Å². The number of ether oxygens (including phenoxy) is 1. The molecule has 0 aromatic rings. The summed E-state index contributed by atoms with van der Waals surface area (Å²) >= 11 is 0. The molecule has 2 rings (SSSR count). The Hall–Kier alpha value is -0.160. The van der Waals surface area contributed by atoms with Gasteiger partial charge in [-0.05, 0) is 19.9 Å². The Bertz CT molecular complexity index is 239. The standard InChI is InChI=1S/C14H29N3O/c1-12(2)15-10-13-4-5-14(18-13)11-17-8-6-16(3)7-9-17/h12-15H,4-11H2,1-3H3. The molecule has 4 heteroatoms. The molecular weight excluding hydrogens is 226 g/mol. The Labute approximate surface area is 112 Å². The molecule has 0 saturated carbocycles. The van der Waals surface area contributed by atoms with Crippen molar-refractivity contribution in [3.63, 3.8) is 0 Å². The molecule has 0 aromatic carbocycles. The number of hydrogen-bond acceptors (Lipinski definition) is 4. The summed E-state index contributed by atoms with van der Waals surface area (Å²) in [5.74, 6) is 0. The van der Waals surface area contributed by atoms with E-state index in [1.165, 1.54) is 39.0 Å². The minimum absolute atomic E-state index is 0.435. The summed E-state index contributed by atoms with van der Waals surface area (Å²) in [6, 6.07) is 0.560. The summed E-state index contributed by atoms with van der Waals surface area (Å²) in [5, 5.41) is 3.47. The fourth-order valence-corrected chi connectivity index (χ4v) is 2.75. The van der Waals surface area contributed by atoms with E-state index in [4.69, 9.17) is 4.74 Å². The maximum absolute atomic E-state index is 6.12. The number of nitrogens with one attached hydrogen (secondary N) is 1. The van der Waals surface area contributed by atoms with Crippen molar-refractivity contribution in [1.29, 1.82) is 0 Å². The zero-order valence-corrected chi connectivity index (χ0v) is 12.2. The second kappa shape index (κ2) is 6.85. The molecule has 2 aliphatic heterocycles. The molecule has 0 spiro atoms. The van der Waals surface area contributed by atoms with Gasteiger partial charge in [0.1, 0.15) is 0 Å². The van der Waals surface area contributed by atoms with Crippen LogP contribution in [0.2, 0.25) is 0 Å². The summed E-state index contributed by atoms with van der Waals surface area (Å²) in [7, 11) is 2.21.